The molecule has 0 bridgehead atoms. The molecule has 0 aromatic heterocycles. The van der Waals surface area contributed by atoms with E-state index in [1.165, 1.54) is 19.1 Å². The first-order valence-electron chi connectivity index (χ1n) is 6.01. The number of nitrogens with zero attached hydrogens (tertiary/aromatic N) is 1. The van der Waals surface area contributed by atoms with Crippen LogP contribution in [0.4, 0.5) is 0 Å². The molecule has 0 radical (unpaired) electrons. The second-order valence-electron chi connectivity index (χ2n) is 3.95. The zero-order valence-electron chi connectivity index (χ0n) is 11.6. The first-order valence-corrected chi connectivity index (χ1v) is 6.80. The molecule has 1 amide bonds. The maximum atomic E-state index is 12.5. The van der Waals surface area contributed by atoms with Gasteiger partial charge in [-0.1, -0.05) is 6.08 Å². The van der Waals surface area contributed by atoms with E-state index >= 15 is 0 Å². The molecule has 0 aliphatic heterocycles. The molecular weight excluding hydrogens is 326 g/mol. The summed E-state index contributed by atoms with van der Waals surface area (Å²) in [4.78, 5) is 14.0. The van der Waals surface area contributed by atoms with Gasteiger partial charge in [-0.2, -0.15) is 0 Å². The maximum Gasteiger partial charge on any atom is 0.258 e. The van der Waals surface area contributed by atoms with Gasteiger partial charge in [-0.3, -0.25) is 4.79 Å². The van der Waals surface area contributed by atoms with Crippen LogP contribution in [-0.2, 0) is 0 Å². The molecule has 1 aromatic rings. The van der Waals surface area contributed by atoms with Gasteiger partial charge in [0.2, 0.25) is 0 Å². The molecule has 1 N–H and O–H groups in total. The number of aliphatic hydroxyl groups is 1. The second kappa shape index (κ2) is 7.91. The van der Waals surface area contributed by atoms with Crippen LogP contribution < -0.4 is 9.47 Å². The number of carbonyl (C=O) groups excluding carboxylic acids is 1. The third kappa shape index (κ3) is 3.74. The number of ether oxygens (including phenoxy) is 2. The molecule has 6 heteroatoms. The molecule has 110 valence electrons. The Balaban J connectivity index is 3.23. The van der Waals surface area contributed by atoms with E-state index < -0.39 is 0 Å². The molecule has 0 aliphatic carbocycles. The number of methoxy groups -OCH3 is 2. The monoisotopic (exact) mass is 343 g/mol. The second-order valence-corrected chi connectivity index (χ2v) is 4.81. The molecule has 0 unspecified atom stereocenters. The van der Waals surface area contributed by atoms with Crippen LogP contribution in [0.15, 0.2) is 29.3 Å². The van der Waals surface area contributed by atoms with E-state index in [1.54, 1.807) is 18.2 Å². The Hall–Kier alpha value is -1.53. The van der Waals surface area contributed by atoms with Crippen molar-refractivity contribution in [1.29, 1.82) is 0 Å². The number of halogens is 1. The zero-order valence-corrected chi connectivity index (χ0v) is 13.1. The van der Waals surface area contributed by atoms with E-state index in [9.17, 15) is 4.79 Å². The van der Waals surface area contributed by atoms with Gasteiger partial charge in [-0.25, -0.2) is 0 Å². The minimum Gasteiger partial charge on any atom is -0.497 e. The van der Waals surface area contributed by atoms with Crippen LogP contribution >= 0.6 is 15.9 Å². The molecule has 0 spiro atoms. The van der Waals surface area contributed by atoms with Gasteiger partial charge in [0, 0.05) is 13.1 Å². The van der Waals surface area contributed by atoms with Crippen molar-refractivity contribution in [3.05, 3.63) is 34.8 Å². The number of benzene rings is 1. The van der Waals surface area contributed by atoms with Crippen molar-refractivity contribution in [2.75, 3.05) is 33.9 Å². The van der Waals surface area contributed by atoms with Crippen LogP contribution in [-0.4, -0.2) is 49.8 Å². The minimum absolute atomic E-state index is 0.118. The fraction of sp³-hybridized carbons (Fsp3) is 0.357. The fourth-order valence-corrected chi connectivity index (χ4v) is 2.38. The number of hydrogen-bond acceptors (Lipinski definition) is 4. The van der Waals surface area contributed by atoms with Crippen molar-refractivity contribution in [2.24, 2.45) is 0 Å². The van der Waals surface area contributed by atoms with Crippen molar-refractivity contribution in [3.63, 3.8) is 0 Å². The van der Waals surface area contributed by atoms with Crippen molar-refractivity contribution in [3.8, 4) is 11.5 Å². The minimum atomic E-state index is -0.254. The predicted molar refractivity (Wildman–Crippen MR) is 80.4 cm³/mol. The highest BCUT2D eigenvalue weighted by atomic mass is 79.9. The Kier molecular flexibility index (Phi) is 6.54. The third-order valence-corrected chi connectivity index (χ3v) is 3.28. The summed E-state index contributed by atoms with van der Waals surface area (Å²) in [5.74, 6) is 0.724. The SMILES string of the molecule is C=CCN(CCO)C(=O)c1cc(OC)cc(Br)c1OC. The van der Waals surface area contributed by atoms with Gasteiger partial charge in [0.1, 0.15) is 11.5 Å². The van der Waals surface area contributed by atoms with Crippen LogP contribution in [0, 0.1) is 0 Å². The lowest BCUT2D eigenvalue weighted by Gasteiger charge is -2.22. The van der Waals surface area contributed by atoms with Crippen molar-refractivity contribution in [2.45, 2.75) is 0 Å². The lowest BCUT2D eigenvalue weighted by Crippen LogP contribution is -2.34. The van der Waals surface area contributed by atoms with E-state index in [2.05, 4.69) is 22.5 Å². The first kappa shape index (κ1) is 16.5. The Morgan fingerprint density at radius 3 is 2.65 bits per heavy atom. The van der Waals surface area contributed by atoms with Crippen LogP contribution in [0.2, 0.25) is 0 Å². The molecular formula is C14H18BrNO4. The lowest BCUT2D eigenvalue weighted by atomic mass is 10.1. The average molecular weight is 344 g/mol. The number of aliphatic hydroxyl groups excluding tert-OH is 1. The van der Waals surface area contributed by atoms with E-state index in [0.29, 0.717) is 28.1 Å². The summed E-state index contributed by atoms with van der Waals surface area (Å²) in [5.41, 5.74) is 0.369. The largest absolute Gasteiger partial charge is 0.497 e. The molecule has 5 nitrogen and oxygen atoms in total. The summed E-state index contributed by atoms with van der Waals surface area (Å²) in [6, 6.07) is 3.33. The van der Waals surface area contributed by atoms with E-state index in [4.69, 9.17) is 14.6 Å². The molecule has 1 aromatic carbocycles. The van der Waals surface area contributed by atoms with Crippen molar-refractivity contribution < 1.29 is 19.4 Å². The number of amides is 1. The van der Waals surface area contributed by atoms with Crippen LogP contribution in [0.25, 0.3) is 0 Å². The molecule has 0 saturated carbocycles. The van der Waals surface area contributed by atoms with Gasteiger partial charge in [0.25, 0.3) is 5.91 Å². The van der Waals surface area contributed by atoms with E-state index in [1.807, 2.05) is 0 Å². The topological polar surface area (TPSA) is 59.0 Å². The molecule has 1 rings (SSSR count). The molecule has 0 atom stereocenters. The Labute approximate surface area is 126 Å². The van der Waals surface area contributed by atoms with Crippen LogP contribution in [0.5, 0.6) is 11.5 Å². The van der Waals surface area contributed by atoms with Gasteiger partial charge in [-0.15, -0.1) is 6.58 Å². The van der Waals surface area contributed by atoms with E-state index in [0.717, 1.165) is 0 Å². The average Bonchev–Trinajstić information content (AvgIpc) is 2.45. The van der Waals surface area contributed by atoms with Crippen LogP contribution in [0.3, 0.4) is 0 Å². The van der Waals surface area contributed by atoms with Crippen molar-refractivity contribution >= 4 is 21.8 Å². The fourth-order valence-electron chi connectivity index (χ4n) is 1.78. The van der Waals surface area contributed by atoms with Gasteiger partial charge in [0.05, 0.1) is 30.9 Å². The standard InChI is InChI=1S/C14H18BrNO4/c1-4-5-16(6-7-17)14(18)11-8-10(19-2)9-12(15)13(11)20-3/h4,8-9,17H,1,5-7H2,2-3H3. The molecule has 0 aliphatic rings. The van der Waals surface area contributed by atoms with Crippen molar-refractivity contribution in [1.82, 2.24) is 4.90 Å². The van der Waals surface area contributed by atoms with E-state index in [-0.39, 0.29) is 19.1 Å². The Bertz CT molecular complexity index is 490. The quantitative estimate of drug-likeness (QED) is 0.770. The highest BCUT2D eigenvalue weighted by molar-refractivity contribution is 9.10. The zero-order chi connectivity index (χ0) is 15.1. The summed E-state index contributed by atoms with van der Waals surface area (Å²) in [6.07, 6.45) is 1.61. The summed E-state index contributed by atoms with van der Waals surface area (Å²) in [5, 5.41) is 9.05. The number of carbonyl (C=O) groups is 1. The van der Waals surface area contributed by atoms with Gasteiger partial charge >= 0.3 is 0 Å². The lowest BCUT2D eigenvalue weighted by molar-refractivity contribution is 0.0739. The van der Waals surface area contributed by atoms with Gasteiger partial charge < -0.3 is 19.5 Å². The molecule has 0 saturated heterocycles. The Morgan fingerprint density at radius 1 is 1.45 bits per heavy atom. The molecule has 20 heavy (non-hydrogen) atoms. The Morgan fingerprint density at radius 2 is 2.15 bits per heavy atom. The predicted octanol–water partition coefficient (Wildman–Crippen LogP) is 2.09. The maximum absolute atomic E-state index is 12.5. The number of rotatable bonds is 7. The first-order chi connectivity index (χ1) is 9.58. The normalized spacial score (nSPS) is 10.0. The van der Waals surface area contributed by atoms with Crippen LogP contribution in [0.1, 0.15) is 10.4 Å². The third-order valence-electron chi connectivity index (χ3n) is 2.69. The summed E-state index contributed by atoms with van der Waals surface area (Å²) in [7, 11) is 3.02. The smallest absolute Gasteiger partial charge is 0.258 e. The number of hydrogen-bond donors (Lipinski definition) is 1. The molecule has 0 fully saturated rings. The van der Waals surface area contributed by atoms with Gasteiger partial charge in [0.15, 0.2) is 0 Å². The highest BCUT2D eigenvalue weighted by Gasteiger charge is 2.21. The molecule has 0 heterocycles. The highest BCUT2D eigenvalue weighted by Crippen LogP contribution is 2.34. The van der Waals surface area contributed by atoms with Gasteiger partial charge in [-0.05, 0) is 28.1 Å². The summed E-state index contributed by atoms with van der Waals surface area (Å²) in [6.45, 7) is 4.06. The summed E-state index contributed by atoms with van der Waals surface area (Å²) >= 11 is 3.35. The summed E-state index contributed by atoms with van der Waals surface area (Å²) < 4.78 is 11.1.